The van der Waals surface area contributed by atoms with E-state index in [0.717, 1.165) is 5.39 Å². The van der Waals surface area contributed by atoms with Crippen LogP contribution in [0.2, 0.25) is 0 Å². The molecule has 0 aliphatic rings. The summed E-state index contributed by atoms with van der Waals surface area (Å²) in [4.78, 5) is 22.5. The van der Waals surface area contributed by atoms with Crippen LogP contribution in [0.5, 0.6) is 0 Å². The number of nitro benzene ring substituents is 1. The summed E-state index contributed by atoms with van der Waals surface area (Å²) in [5.74, 6) is -0.0906. The van der Waals surface area contributed by atoms with E-state index in [2.05, 4.69) is 5.10 Å². The van der Waals surface area contributed by atoms with Gasteiger partial charge in [-0.2, -0.15) is 5.10 Å². The van der Waals surface area contributed by atoms with Crippen LogP contribution in [0.25, 0.3) is 10.9 Å². The van der Waals surface area contributed by atoms with Gasteiger partial charge in [-0.1, -0.05) is 0 Å². The molecular weight excluding hydrogens is 272 g/mol. The van der Waals surface area contributed by atoms with Crippen LogP contribution in [0.4, 0.5) is 5.69 Å². The maximum absolute atomic E-state index is 12.2. The number of Topliss-reactive ketones (excluding diaryl/α,β-unsaturated/α-hetero) is 1. The van der Waals surface area contributed by atoms with E-state index in [4.69, 9.17) is 0 Å². The van der Waals surface area contributed by atoms with Crippen molar-refractivity contribution in [1.82, 2.24) is 14.3 Å². The number of hydrogen-bond donors (Lipinski definition) is 0. The molecule has 0 amide bonds. The summed E-state index contributed by atoms with van der Waals surface area (Å²) in [6, 6.07) is 6.22. The molecule has 0 atom stereocenters. The summed E-state index contributed by atoms with van der Waals surface area (Å²) in [6.07, 6.45) is 5.12. The van der Waals surface area contributed by atoms with Gasteiger partial charge in [0.2, 0.25) is 0 Å². The molecule has 0 aliphatic heterocycles. The molecule has 0 bridgehead atoms. The van der Waals surface area contributed by atoms with Crippen molar-refractivity contribution in [3.63, 3.8) is 0 Å². The number of benzene rings is 1. The van der Waals surface area contributed by atoms with Crippen LogP contribution in [0, 0.1) is 10.1 Å². The molecule has 0 unspecified atom stereocenters. The van der Waals surface area contributed by atoms with Crippen LogP contribution in [0.15, 0.2) is 42.9 Å². The SMILES string of the molecule is Cn1ccc(C(=O)Cn2ncc3ccc([N+](=O)[O-])cc32)c1. The summed E-state index contributed by atoms with van der Waals surface area (Å²) in [5, 5.41) is 15.7. The number of non-ortho nitro benzene ring substituents is 1. The first-order chi connectivity index (χ1) is 10.0. The fourth-order valence-electron chi connectivity index (χ4n) is 2.19. The highest BCUT2D eigenvalue weighted by molar-refractivity contribution is 5.96. The average Bonchev–Trinajstić information content (AvgIpc) is 3.05. The normalized spacial score (nSPS) is 10.9. The zero-order valence-corrected chi connectivity index (χ0v) is 11.3. The largest absolute Gasteiger partial charge is 0.357 e. The smallest absolute Gasteiger partial charge is 0.271 e. The lowest BCUT2D eigenvalue weighted by molar-refractivity contribution is -0.384. The quantitative estimate of drug-likeness (QED) is 0.417. The minimum atomic E-state index is -0.463. The molecule has 21 heavy (non-hydrogen) atoms. The molecule has 3 aromatic rings. The predicted molar refractivity (Wildman–Crippen MR) is 76.1 cm³/mol. The lowest BCUT2D eigenvalue weighted by Crippen LogP contribution is -2.11. The maximum Gasteiger partial charge on any atom is 0.271 e. The highest BCUT2D eigenvalue weighted by atomic mass is 16.6. The molecule has 2 aromatic heterocycles. The Hall–Kier alpha value is -2.96. The van der Waals surface area contributed by atoms with Crippen LogP contribution < -0.4 is 0 Å². The number of rotatable bonds is 4. The Morgan fingerprint density at radius 3 is 2.86 bits per heavy atom. The Morgan fingerprint density at radius 2 is 2.19 bits per heavy atom. The second-order valence-electron chi connectivity index (χ2n) is 4.79. The number of nitro groups is 1. The summed E-state index contributed by atoms with van der Waals surface area (Å²) in [7, 11) is 1.84. The zero-order valence-electron chi connectivity index (χ0n) is 11.3. The van der Waals surface area contributed by atoms with Crippen molar-refractivity contribution in [2.45, 2.75) is 6.54 Å². The maximum atomic E-state index is 12.2. The van der Waals surface area contributed by atoms with Crippen LogP contribution in [0.1, 0.15) is 10.4 Å². The molecule has 0 aliphatic carbocycles. The number of ketones is 1. The number of aryl methyl sites for hydroxylation is 1. The van der Waals surface area contributed by atoms with Gasteiger partial charge in [0.15, 0.2) is 5.78 Å². The van der Waals surface area contributed by atoms with Crippen LogP contribution in [-0.2, 0) is 13.6 Å². The Bertz CT molecular complexity index is 847. The molecule has 2 heterocycles. The Balaban J connectivity index is 1.95. The van der Waals surface area contributed by atoms with Crippen molar-refractivity contribution in [2.24, 2.45) is 7.05 Å². The van der Waals surface area contributed by atoms with Crippen LogP contribution >= 0.6 is 0 Å². The fraction of sp³-hybridized carbons (Fsp3) is 0.143. The van der Waals surface area contributed by atoms with E-state index < -0.39 is 4.92 Å². The lowest BCUT2D eigenvalue weighted by Gasteiger charge is -2.02. The number of nitrogens with zero attached hydrogens (tertiary/aromatic N) is 4. The van der Waals surface area contributed by atoms with E-state index in [1.165, 1.54) is 16.8 Å². The van der Waals surface area contributed by atoms with Gasteiger partial charge < -0.3 is 4.57 Å². The molecular formula is C14H12N4O3. The highest BCUT2D eigenvalue weighted by Crippen LogP contribution is 2.20. The second kappa shape index (κ2) is 4.86. The van der Waals surface area contributed by atoms with Gasteiger partial charge in [0.25, 0.3) is 5.69 Å². The Morgan fingerprint density at radius 1 is 1.38 bits per heavy atom. The third-order valence-electron chi connectivity index (χ3n) is 3.29. The molecule has 0 spiro atoms. The van der Waals surface area contributed by atoms with Gasteiger partial charge in [0.05, 0.1) is 16.6 Å². The predicted octanol–water partition coefficient (Wildman–Crippen LogP) is 2.17. The Kier molecular flexibility index (Phi) is 3.02. The standard InChI is InChI=1S/C14H12N4O3/c1-16-5-4-11(8-16)14(19)9-17-13-6-12(18(20)21)3-2-10(13)7-15-17/h2-8H,9H2,1H3. The molecule has 0 saturated heterocycles. The first-order valence-corrected chi connectivity index (χ1v) is 6.30. The summed E-state index contributed by atoms with van der Waals surface area (Å²) in [5.41, 5.74) is 1.15. The first kappa shape index (κ1) is 13.0. The molecule has 1 aromatic carbocycles. The van der Waals surface area contributed by atoms with Crippen molar-refractivity contribution in [3.8, 4) is 0 Å². The third-order valence-corrected chi connectivity index (χ3v) is 3.29. The zero-order chi connectivity index (χ0) is 15.0. The van der Waals surface area contributed by atoms with Crippen molar-refractivity contribution < 1.29 is 9.72 Å². The minimum absolute atomic E-state index is 0.0172. The fourth-order valence-corrected chi connectivity index (χ4v) is 2.19. The van der Waals surface area contributed by atoms with E-state index in [9.17, 15) is 14.9 Å². The van der Waals surface area contributed by atoms with E-state index in [1.54, 1.807) is 35.3 Å². The molecule has 0 N–H and O–H groups in total. The van der Waals surface area contributed by atoms with Gasteiger partial charge in [-0.15, -0.1) is 0 Å². The summed E-state index contributed by atoms with van der Waals surface area (Å²) >= 11 is 0. The van der Waals surface area contributed by atoms with E-state index >= 15 is 0 Å². The molecule has 0 radical (unpaired) electrons. The second-order valence-corrected chi connectivity index (χ2v) is 4.79. The number of fused-ring (bicyclic) bond motifs is 1. The lowest BCUT2D eigenvalue weighted by atomic mass is 10.2. The molecule has 0 fully saturated rings. The first-order valence-electron chi connectivity index (χ1n) is 6.30. The summed E-state index contributed by atoms with van der Waals surface area (Å²) in [6.45, 7) is 0.0503. The monoisotopic (exact) mass is 284 g/mol. The van der Waals surface area contributed by atoms with Gasteiger partial charge in [0, 0.05) is 42.5 Å². The highest BCUT2D eigenvalue weighted by Gasteiger charge is 2.13. The third kappa shape index (κ3) is 2.40. The van der Waals surface area contributed by atoms with Gasteiger partial charge >= 0.3 is 0 Å². The Labute approximate surface area is 119 Å². The van der Waals surface area contributed by atoms with E-state index in [-0.39, 0.29) is 18.0 Å². The number of carbonyl (C=O) groups excluding carboxylic acids is 1. The van der Waals surface area contributed by atoms with Gasteiger partial charge in [-0.25, -0.2) is 0 Å². The van der Waals surface area contributed by atoms with Crippen molar-refractivity contribution >= 4 is 22.4 Å². The average molecular weight is 284 g/mol. The van der Waals surface area contributed by atoms with Crippen LogP contribution in [-0.4, -0.2) is 25.1 Å². The topological polar surface area (TPSA) is 83.0 Å². The number of aromatic nitrogens is 3. The molecule has 7 heteroatoms. The van der Waals surface area contributed by atoms with Gasteiger partial charge in [-0.05, 0) is 12.1 Å². The molecule has 0 saturated carbocycles. The molecule has 106 valence electrons. The number of carbonyl (C=O) groups is 1. The molecule has 7 nitrogen and oxygen atoms in total. The van der Waals surface area contributed by atoms with Crippen molar-refractivity contribution in [1.29, 1.82) is 0 Å². The van der Waals surface area contributed by atoms with Gasteiger partial charge in [0.1, 0.15) is 6.54 Å². The van der Waals surface area contributed by atoms with E-state index in [1.807, 2.05) is 7.05 Å². The minimum Gasteiger partial charge on any atom is -0.357 e. The van der Waals surface area contributed by atoms with E-state index in [0.29, 0.717) is 11.1 Å². The van der Waals surface area contributed by atoms with Gasteiger partial charge in [-0.3, -0.25) is 19.6 Å². The molecule has 3 rings (SSSR count). The summed E-state index contributed by atoms with van der Waals surface area (Å²) < 4.78 is 3.27. The number of hydrogen-bond acceptors (Lipinski definition) is 4. The van der Waals surface area contributed by atoms with Crippen molar-refractivity contribution in [3.05, 3.63) is 58.5 Å². The van der Waals surface area contributed by atoms with Crippen molar-refractivity contribution in [2.75, 3.05) is 0 Å². The van der Waals surface area contributed by atoms with Crippen LogP contribution in [0.3, 0.4) is 0 Å².